The molecule has 92 valence electrons. The Balaban J connectivity index is 3.88. The van der Waals surface area contributed by atoms with Gasteiger partial charge in [-0.05, 0) is 40.7 Å². The van der Waals surface area contributed by atoms with Crippen LogP contribution in [0.2, 0.25) is 0 Å². The van der Waals surface area contributed by atoms with E-state index in [1.807, 2.05) is 13.8 Å². The predicted molar refractivity (Wildman–Crippen MR) is 60.9 cm³/mol. The molecule has 0 aromatic heterocycles. The molecule has 4 heteroatoms. The molecule has 0 rings (SSSR count). The third-order valence-corrected chi connectivity index (χ3v) is 1.44. The highest BCUT2D eigenvalue weighted by atomic mass is 16.6. The zero-order valence-electron chi connectivity index (χ0n) is 10.6. The monoisotopic (exact) mass is 228 g/mol. The topological polar surface area (TPSA) is 52.6 Å². The molecule has 0 aliphatic carbocycles. The fourth-order valence-corrected chi connectivity index (χ4v) is 0.848. The average molecular weight is 228 g/mol. The molecule has 0 radical (unpaired) electrons. The molecule has 0 aromatic carbocycles. The minimum atomic E-state index is -0.572. The summed E-state index contributed by atoms with van der Waals surface area (Å²) in [6, 6.07) is 0. The first kappa shape index (κ1) is 14.7. The van der Waals surface area contributed by atoms with Crippen molar-refractivity contribution in [2.75, 3.05) is 6.61 Å². The molecule has 16 heavy (non-hydrogen) atoms. The van der Waals surface area contributed by atoms with Gasteiger partial charge in [-0.15, -0.1) is 0 Å². The molecule has 0 aliphatic rings. The summed E-state index contributed by atoms with van der Waals surface area (Å²) in [5.41, 5.74) is 0.488. The number of hydrogen-bond acceptors (Lipinski definition) is 4. The molecular formula is C12H20O4. The minimum Gasteiger partial charge on any atom is -0.461 e. The maximum absolute atomic E-state index is 11.2. The van der Waals surface area contributed by atoms with Gasteiger partial charge in [-0.25, -0.2) is 0 Å². The lowest BCUT2D eigenvalue weighted by molar-refractivity contribution is -0.161. The molecule has 0 spiro atoms. The van der Waals surface area contributed by atoms with E-state index in [0.717, 1.165) is 5.57 Å². The molecular weight excluding hydrogens is 208 g/mol. The maximum Gasteiger partial charge on any atom is 0.317 e. The van der Waals surface area contributed by atoms with Crippen molar-refractivity contribution in [3.8, 4) is 0 Å². The third kappa shape index (κ3) is 9.24. The van der Waals surface area contributed by atoms with Crippen molar-refractivity contribution in [1.82, 2.24) is 0 Å². The normalized spacial score (nSPS) is 10.6. The van der Waals surface area contributed by atoms with E-state index in [1.165, 1.54) is 0 Å². The van der Waals surface area contributed by atoms with E-state index < -0.39 is 17.5 Å². The van der Waals surface area contributed by atoms with E-state index in [2.05, 4.69) is 0 Å². The van der Waals surface area contributed by atoms with Crippen molar-refractivity contribution in [3.05, 3.63) is 11.6 Å². The first-order chi connectivity index (χ1) is 7.20. The highest BCUT2D eigenvalue weighted by molar-refractivity contribution is 5.91. The SMILES string of the molecule is CC(C)=CCOC(=O)CC(=O)OC(C)(C)C. The Morgan fingerprint density at radius 1 is 1.12 bits per heavy atom. The molecule has 0 bridgehead atoms. The largest absolute Gasteiger partial charge is 0.461 e. The second-order valence-corrected chi connectivity index (χ2v) is 4.73. The second-order valence-electron chi connectivity index (χ2n) is 4.73. The number of rotatable bonds is 4. The van der Waals surface area contributed by atoms with E-state index in [9.17, 15) is 9.59 Å². The first-order valence-electron chi connectivity index (χ1n) is 5.21. The zero-order valence-corrected chi connectivity index (χ0v) is 10.6. The van der Waals surface area contributed by atoms with Gasteiger partial charge in [0.15, 0.2) is 0 Å². The van der Waals surface area contributed by atoms with Crippen LogP contribution in [-0.4, -0.2) is 24.1 Å². The van der Waals surface area contributed by atoms with E-state index >= 15 is 0 Å². The summed E-state index contributed by atoms with van der Waals surface area (Å²) in [6.45, 7) is 9.26. The molecule has 0 saturated carbocycles. The number of ether oxygens (including phenoxy) is 2. The van der Waals surface area contributed by atoms with Crippen molar-refractivity contribution >= 4 is 11.9 Å². The number of esters is 2. The minimum absolute atomic E-state index is 0.198. The quantitative estimate of drug-likeness (QED) is 0.420. The van der Waals surface area contributed by atoms with Crippen molar-refractivity contribution in [2.24, 2.45) is 0 Å². The highest BCUT2D eigenvalue weighted by Crippen LogP contribution is 2.08. The van der Waals surface area contributed by atoms with Crippen LogP contribution in [0.3, 0.4) is 0 Å². The fourth-order valence-electron chi connectivity index (χ4n) is 0.848. The van der Waals surface area contributed by atoms with E-state index in [-0.39, 0.29) is 13.0 Å². The summed E-state index contributed by atoms with van der Waals surface area (Å²) < 4.78 is 9.80. The molecule has 0 aromatic rings. The van der Waals surface area contributed by atoms with Gasteiger partial charge in [0.05, 0.1) is 0 Å². The van der Waals surface area contributed by atoms with Crippen molar-refractivity contribution in [2.45, 2.75) is 46.6 Å². The summed E-state index contributed by atoms with van der Waals surface area (Å²) in [7, 11) is 0. The summed E-state index contributed by atoms with van der Waals surface area (Å²) in [6.07, 6.45) is 1.43. The third-order valence-electron chi connectivity index (χ3n) is 1.44. The molecule has 0 N–H and O–H groups in total. The van der Waals surface area contributed by atoms with Crippen LogP contribution in [0.4, 0.5) is 0 Å². The summed E-state index contributed by atoms with van der Waals surface area (Å²) in [4.78, 5) is 22.4. The number of hydrogen-bond donors (Lipinski definition) is 0. The van der Waals surface area contributed by atoms with Gasteiger partial charge in [-0.1, -0.05) is 5.57 Å². The van der Waals surface area contributed by atoms with Crippen LogP contribution in [-0.2, 0) is 19.1 Å². The van der Waals surface area contributed by atoms with Crippen LogP contribution in [0, 0.1) is 0 Å². The highest BCUT2D eigenvalue weighted by Gasteiger charge is 2.19. The molecule has 0 atom stereocenters. The van der Waals surface area contributed by atoms with E-state index in [4.69, 9.17) is 9.47 Å². The molecule has 0 aliphatic heterocycles. The van der Waals surface area contributed by atoms with Gasteiger partial charge in [-0.3, -0.25) is 9.59 Å². The van der Waals surface area contributed by atoms with Gasteiger partial charge in [-0.2, -0.15) is 0 Å². The van der Waals surface area contributed by atoms with Gasteiger partial charge in [0.1, 0.15) is 18.6 Å². The van der Waals surface area contributed by atoms with Gasteiger partial charge in [0, 0.05) is 0 Å². The average Bonchev–Trinajstić information content (AvgIpc) is 1.98. The lowest BCUT2D eigenvalue weighted by Gasteiger charge is -2.18. The molecule has 0 amide bonds. The molecule has 0 unspecified atom stereocenters. The van der Waals surface area contributed by atoms with Gasteiger partial charge < -0.3 is 9.47 Å². The lowest BCUT2D eigenvalue weighted by atomic mass is 10.2. The molecule has 0 saturated heterocycles. The second kappa shape index (κ2) is 6.30. The van der Waals surface area contributed by atoms with Crippen LogP contribution in [0.5, 0.6) is 0 Å². The predicted octanol–water partition coefficient (Wildman–Crippen LogP) is 2.23. The standard InChI is InChI=1S/C12H20O4/c1-9(2)6-7-15-10(13)8-11(14)16-12(3,4)5/h6H,7-8H2,1-5H3. The summed E-state index contributed by atoms with van der Waals surface area (Å²) in [5.74, 6) is -1.12. The van der Waals surface area contributed by atoms with Crippen LogP contribution in [0.1, 0.15) is 41.0 Å². The van der Waals surface area contributed by atoms with Gasteiger partial charge in [0.2, 0.25) is 0 Å². The Morgan fingerprint density at radius 3 is 2.12 bits per heavy atom. The van der Waals surface area contributed by atoms with Crippen LogP contribution < -0.4 is 0 Å². The van der Waals surface area contributed by atoms with Crippen molar-refractivity contribution in [1.29, 1.82) is 0 Å². The number of carbonyl (C=O) groups excluding carboxylic acids is 2. The lowest BCUT2D eigenvalue weighted by Crippen LogP contribution is -2.25. The zero-order chi connectivity index (χ0) is 12.8. The van der Waals surface area contributed by atoms with Gasteiger partial charge >= 0.3 is 11.9 Å². The number of allylic oxidation sites excluding steroid dienone is 1. The van der Waals surface area contributed by atoms with Crippen LogP contribution in [0.15, 0.2) is 11.6 Å². The Hall–Kier alpha value is -1.32. The molecule has 4 nitrogen and oxygen atoms in total. The van der Waals surface area contributed by atoms with E-state index in [0.29, 0.717) is 0 Å². The van der Waals surface area contributed by atoms with Crippen LogP contribution >= 0.6 is 0 Å². The molecule has 0 heterocycles. The molecule has 0 fully saturated rings. The van der Waals surface area contributed by atoms with Crippen LogP contribution in [0.25, 0.3) is 0 Å². The smallest absolute Gasteiger partial charge is 0.317 e. The summed E-state index contributed by atoms with van der Waals surface area (Å²) >= 11 is 0. The van der Waals surface area contributed by atoms with Crippen molar-refractivity contribution in [3.63, 3.8) is 0 Å². The Bertz CT molecular complexity index is 280. The Labute approximate surface area is 96.6 Å². The maximum atomic E-state index is 11.2. The van der Waals surface area contributed by atoms with Crippen molar-refractivity contribution < 1.29 is 19.1 Å². The van der Waals surface area contributed by atoms with Gasteiger partial charge in [0.25, 0.3) is 0 Å². The summed E-state index contributed by atoms with van der Waals surface area (Å²) in [5, 5.41) is 0. The Morgan fingerprint density at radius 2 is 1.69 bits per heavy atom. The fraction of sp³-hybridized carbons (Fsp3) is 0.667. The first-order valence-corrected chi connectivity index (χ1v) is 5.21. The Kier molecular flexibility index (Phi) is 5.78. The van der Waals surface area contributed by atoms with E-state index in [1.54, 1.807) is 26.8 Å². The number of carbonyl (C=O) groups is 2.